The lowest BCUT2D eigenvalue weighted by Crippen LogP contribution is -1.89. The molecule has 0 aliphatic rings. The van der Waals surface area contributed by atoms with Crippen molar-refractivity contribution in [3.8, 4) is 11.6 Å². The van der Waals surface area contributed by atoms with Crippen LogP contribution in [0.2, 0.25) is 5.02 Å². The van der Waals surface area contributed by atoms with E-state index in [0.717, 1.165) is 15.8 Å². The van der Waals surface area contributed by atoms with E-state index in [9.17, 15) is 0 Å². The summed E-state index contributed by atoms with van der Waals surface area (Å²) >= 11 is 9.29. The molecule has 0 fully saturated rings. The van der Waals surface area contributed by atoms with E-state index in [0.29, 0.717) is 10.9 Å². The lowest BCUT2D eigenvalue weighted by molar-refractivity contribution is 0.462. The molecule has 0 aliphatic heterocycles. The molecule has 2 rings (SSSR count). The molecular formula is C12H9BrClNO. The molecule has 0 atom stereocenters. The van der Waals surface area contributed by atoms with Crippen LogP contribution < -0.4 is 4.74 Å². The Kier molecular flexibility index (Phi) is 3.46. The first-order chi connectivity index (χ1) is 7.65. The number of aromatic nitrogens is 1. The third kappa shape index (κ3) is 2.74. The zero-order valence-electron chi connectivity index (χ0n) is 8.58. The SMILES string of the molecule is Cc1cccc(Oc2ncc(Br)cc2Cl)c1. The number of rotatable bonds is 2. The summed E-state index contributed by atoms with van der Waals surface area (Å²) in [5.41, 5.74) is 1.13. The van der Waals surface area contributed by atoms with Crippen LogP contribution in [0.15, 0.2) is 41.0 Å². The van der Waals surface area contributed by atoms with Gasteiger partial charge in [0.25, 0.3) is 0 Å². The molecule has 2 nitrogen and oxygen atoms in total. The summed E-state index contributed by atoms with van der Waals surface area (Å²) in [4.78, 5) is 4.10. The summed E-state index contributed by atoms with van der Waals surface area (Å²) < 4.78 is 6.41. The zero-order valence-corrected chi connectivity index (χ0v) is 10.9. The first-order valence-electron chi connectivity index (χ1n) is 4.71. The summed E-state index contributed by atoms with van der Waals surface area (Å²) in [5, 5.41) is 0.482. The second-order valence-electron chi connectivity index (χ2n) is 3.36. The van der Waals surface area contributed by atoms with E-state index in [1.807, 2.05) is 31.2 Å². The van der Waals surface area contributed by atoms with Crippen LogP contribution in [0.1, 0.15) is 5.56 Å². The fourth-order valence-corrected chi connectivity index (χ4v) is 1.94. The highest BCUT2D eigenvalue weighted by atomic mass is 79.9. The lowest BCUT2D eigenvalue weighted by Gasteiger charge is -2.06. The van der Waals surface area contributed by atoms with Crippen LogP contribution in [0.4, 0.5) is 0 Å². The van der Waals surface area contributed by atoms with Crippen molar-refractivity contribution in [3.05, 3.63) is 51.6 Å². The largest absolute Gasteiger partial charge is 0.438 e. The standard InChI is InChI=1S/C12H9BrClNO/c1-8-3-2-4-10(5-8)16-12-11(14)6-9(13)7-15-12/h2-7H,1H3. The molecule has 0 saturated heterocycles. The molecule has 0 spiro atoms. The second kappa shape index (κ2) is 4.85. The predicted molar refractivity (Wildman–Crippen MR) is 68.2 cm³/mol. The second-order valence-corrected chi connectivity index (χ2v) is 4.68. The Morgan fingerprint density at radius 1 is 1.31 bits per heavy atom. The van der Waals surface area contributed by atoms with Gasteiger partial charge in [0, 0.05) is 10.7 Å². The molecule has 0 amide bonds. The van der Waals surface area contributed by atoms with Gasteiger partial charge in [0.15, 0.2) is 0 Å². The van der Waals surface area contributed by atoms with Crippen molar-refractivity contribution >= 4 is 27.5 Å². The summed E-state index contributed by atoms with van der Waals surface area (Å²) in [5.74, 6) is 1.15. The molecule has 16 heavy (non-hydrogen) atoms. The topological polar surface area (TPSA) is 22.1 Å². The number of hydrogen-bond acceptors (Lipinski definition) is 2. The van der Waals surface area contributed by atoms with Gasteiger partial charge in [-0.3, -0.25) is 0 Å². The molecule has 1 heterocycles. The van der Waals surface area contributed by atoms with E-state index < -0.39 is 0 Å². The van der Waals surface area contributed by atoms with Crippen molar-refractivity contribution in [1.29, 1.82) is 0 Å². The Morgan fingerprint density at radius 2 is 2.12 bits per heavy atom. The quantitative estimate of drug-likeness (QED) is 0.808. The third-order valence-electron chi connectivity index (χ3n) is 1.98. The van der Waals surface area contributed by atoms with E-state index in [-0.39, 0.29) is 0 Å². The highest BCUT2D eigenvalue weighted by molar-refractivity contribution is 9.10. The van der Waals surface area contributed by atoms with Gasteiger partial charge in [0.1, 0.15) is 10.8 Å². The molecule has 0 radical (unpaired) electrons. The summed E-state index contributed by atoms with van der Waals surface area (Å²) in [6.45, 7) is 2.00. The van der Waals surface area contributed by atoms with Crippen LogP contribution in [0, 0.1) is 6.92 Å². The van der Waals surface area contributed by atoms with Crippen molar-refractivity contribution in [2.45, 2.75) is 6.92 Å². The molecular weight excluding hydrogens is 289 g/mol. The minimum atomic E-state index is 0.412. The number of hydrogen-bond donors (Lipinski definition) is 0. The van der Waals surface area contributed by atoms with Gasteiger partial charge >= 0.3 is 0 Å². The Bertz CT molecular complexity index is 516. The molecule has 1 aromatic heterocycles. The van der Waals surface area contributed by atoms with Crippen molar-refractivity contribution in [2.75, 3.05) is 0 Å². The Labute approximate surface area is 107 Å². The van der Waals surface area contributed by atoms with E-state index in [4.69, 9.17) is 16.3 Å². The van der Waals surface area contributed by atoms with Crippen LogP contribution in [0.3, 0.4) is 0 Å². The van der Waals surface area contributed by atoms with Gasteiger partial charge in [0.2, 0.25) is 5.88 Å². The van der Waals surface area contributed by atoms with Gasteiger partial charge in [-0.2, -0.15) is 0 Å². The lowest BCUT2D eigenvalue weighted by atomic mass is 10.2. The molecule has 0 N–H and O–H groups in total. The number of benzene rings is 1. The van der Waals surface area contributed by atoms with Gasteiger partial charge in [-0.1, -0.05) is 23.7 Å². The Morgan fingerprint density at radius 3 is 2.81 bits per heavy atom. The normalized spacial score (nSPS) is 10.2. The number of ether oxygens (including phenoxy) is 1. The number of aryl methyl sites for hydroxylation is 1. The maximum Gasteiger partial charge on any atom is 0.238 e. The molecule has 1 aromatic carbocycles. The van der Waals surface area contributed by atoms with Crippen molar-refractivity contribution < 1.29 is 4.74 Å². The Balaban J connectivity index is 2.27. The highest BCUT2D eigenvalue weighted by Gasteiger charge is 2.05. The highest BCUT2D eigenvalue weighted by Crippen LogP contribution is 2.29. The molecule has 2 aromatic rings. The Hall–Kier alpha value is -1.06. The summed E-state index contributed by atoms with van der Waals surface area (Å²) in [7, 11) is 0. The van der Waals surface area contributed by atoms with Crippen LogP contribution in [-0.2, 0) is 0 Å². The minimum absolute atomic E-state index is 0.412. The maximum absolute atomic E-state index is 6.00. The number of nitrogens with zero attached hydrogens (tertiary/aromatic N) is 1. The summed E-state index contributed by atoms with van der Waals surface area (Å²) in [6.07, 6.45) is 1.65. The average molecular weight is 299 g/mol. The molecule has 0 bridgehead atoms. The van der Waals surface area contributed by atoms with Crippen LogP contribution in [0.5, 0.6) is 11.6 Å². The van der Waals surface area contributed by atoms with Crippen LogP contribution >= 0.6 is 27.5 Å². The first-order valence-corrected chi connectivity index (χ1v) is 5.88. The predicted octanol–water partition coefficient (Wildman–Crippen LogP) is 4.60. The zero-order chi connectivity index (χ0) is 11.5. The van der Waals surface area contributed by atoms with E-state index in [2.05, 4.69) is 20.9 Å². The summed E-state index contributed by atoms with van der Waals surface area (Å²) in [6, 6.07) is 9.48. The van der Waals surface area contributed by atoms with Gasteiger partial charge in [0.05, 0.1) is 0 Å². The number of pyridine rings is 1. The third-order valence-corrected chi connectivity index (χ3v) is 2.68. The van der Waals surface area contributed by atoms with Gasteiger partial charge in [-0.05, 0) is 46.6 Å². The first kappa shape index (κ1) is 11.4. The fraction of sp³-hybridized carbons (Fsp3) is 0.0833. The molecule has 0 saturated carbocycles. The van der Waals surface area contributed by atoms with Crippen molar-refractivity contribution in [1.82, 2.24) is 4.98 Å². The fourth-order valence-electron chi connectivity index (χ4n) is 1.27. The van der Waals surface area contributed by atoms with Crippen LogP contribution in [-0.4, -0.2) is 4.98 Å². The number of halogens is 2. The minimum Gasteiger partial charge on any atom is -0.438 e. The monoisotopic (exact) mass is 297 g/mol. The van der Waals surface area contributed by atoms with E-state index in [1.165, 1.54) is 0 Å². The van der Waals surface area contributed by atoms with Gasteiger partial charge in [-0.15, -0.1) is 0 Å². The molecule has 82 valence electrons. The van der Waals surface area contributed by atoms with E-state index >= 15 is 0 Å². The smallest absolute Gasteiger partial charge is 0.238 e. The van der Waals surface area contributed by atoms with Gasteiger partial charge in [-0.25, -0.2) is 4.98 Å². The van der Waals surface area contributed by atoms with Crippen LogP contribution in [0.25, 0.3) is 0 Å². The molecule has 0 unspecified atom stereocenters. The average Bonchev–Trinajstić information content (AvgIpc) is 2.22. The van der Waals surface area contributed by atoms with Crippen molar-refractivity contribution in [2.24, 2.45) is 0 Å². The maximum atomic E-state index is 6.00. The van der Waals surface area contributed by atoms with Gasteiger partial charge < -0.3 is 4.74 Å². The van der Waals surface area contributed by atoms with E-state index in [1.54, 1.807) is 12.3 Å². The van der Waals surface area contributed by atoms with Crippen molar-refractivity contribution in [3.63, 3.8) is 0 Å². The molecule has 4 heteroatoms. The molecule has 0 aliphatic carbocycles.